The summed E-state index contributed by atoms with van der Waals surface area (Å²) in [6.45, 7) is 1.75. The molecule has 0 radical (unpaired) electrons. The van der Waals surface area contributed by atoms with Crippen molar-refractivity contribution in [3.8, 4) is 0 Å². The minimum atomic E-state index is -0.946. The molecule has 0 amide bonds. The molecule has 1 aliphatic rings. The van der Waals surface area contributed by atoms with Crippen LogP contribution in [-0.2, 0) is 6.42 Å². The normalized spacial score (nSPS) is 13.5. The Hall–Kier alpha value is -2.42. The Morgan fingerprint density at radius 2 is 2.00 bits per heavy atom. The zero-order chi connectivity index (χ0) is 15.0. The number of benzene rings is 2. The second kappa shape index (κ2) is 5.17. The summed E-state index contributed by atoms with van der Waals surface area (Å²) in [6.07, 6.45) is 3.83. The molecule has 0 saturated heterocycles. The van der Waals surface area contributed by atoms with E-state index < -0.39 is 5.97 Å². The van der Waals surface area contributed by atoms with Gasteiger partial charge in [0.25, 0.3) is 0 Å². The van der Waals surface area contributed by atoms with E-state index in [1.54, 1.807) is 25.1 Å². The maximum absolute atomic E-state index is 13.8. The molecule has 0 aromatic heterocycles. The first-order chi connectivity index (χ1) is 10.1. The molecule has 2 aromatic rings. The molecule has 0 fully saturated rings. The van der Waals surface area contributed by atoms with Crippen LogP contribution in [0.4, 0.5) is 4.39 Å². The molecule has 1 aliphatic carbocycles. The van der Waals surface area contributed by atoms with Gasteiger partial charge in [0.1, 0.15) is 5.82 Å². The number of aryl methyl sites for hydroxylation is 1. The molecule has 1 N–H and O–H groups in total. The van der Waals surface area contributed by atoms with Crippen molar-refractivity contribution in [1.82, 2.24) is 0 Å². The summed E-state index contributed by atoms with van der Waals surface area (Å²) in [4.78, 5) is 11.2. The molecular formula is C18H15FO2. The van der Waals surface area contributed by atoms with Crippen molar-refractivity contribution in [2.75, 3.05) is 0 Å². The maximum Gasteiger partial charge on any atom is 0.335 e. The van der Waals surface area contributed by atoms with E-state index in [2.05, 4.69) is 6.08 Å². The Bertz CT molecular complexity index is 760. The van der Waals surface area contributed by atoms with Crippen LogP contribution in [0.5, 0.6) is 0 Å². The van der Waals surface area contributed by atoms with Crippen LogP contribution in [0.25, 0.3) is 5.57 Å². The minimum Gasteiger partial charge on any atom is -0.478 e. The van der Waals surface area contributed by atoms with Gasteiger partial charge in [-0.2, -0.15) is 0 Å². The van der Waals surface area contributed by atoms with E-state index in [1.165, 1.54) is 6.07 Å². The lowest BCUT2D eigenvalue weighted by atomic mass is 9.84. The molecule has 2 nitrogen and oxygen atoms in total. The van der Waals surface area contributed by atoms with E-state index in [1.807, 2.05) is 12.1 Å². The molecule has 3 heteroatoms. The number of hydrogen-bond donors (Lipinski definition) is 1. The number of hydrogen-bond acceptors (Lipinski definition) is 1. The van der Waals surface area contributed by atoms with Gasteiger partial charge in [-0.15, -0.1) is 0 Å². The second-order valence-corrected chi connectivity index (χ2v) is 5.25. The summed E-state index contributed by atoms with van der Waals surface area (Å²) in [7, 11) is 0. The topological polar surface area (TPSA) is 37.3 Å². The fraction of sp³-hybridized carbons (Fsp3) is 0.167. The third-order valence-corrected chi connectivity index (χ3v) is 3.97. The van der Waals surface area contributed by atoms with Gasteiger partial charge in [-0.3, -0.25) is 0 Å². The van der Waals surface area contributed by atoms with E-state index >= 15 is 0 Å². The van der Waals surface area contributed by atoms with Gasteiger partial charge >= 0.3 is 5.97 Å². The Morgan fingerprint density at radius 1 is 1.19 bits per heavy atom. The summed E-state index contributed by atoms with van der Waals surface area (Å²) in [6, 6.07) is 10.2. The molecule has 0 unspecified atom stereocenters. The van der Waals surface area contributed by atoms with Crippen LogP contribution in [0.2, 0.25) is 0 Å². The Balaban J connectivity index is 2.18. The summed E-state index contributed by atoms with van der Waals surface area (Å²) >= 11 is 0. The van der Waals surface area contributed by atoms with Crippen molar-refractivity contribution in [1.29, 1.82) is 0 Å². The van der Waals surface area contributed by atoms with Crippen molar-refractivity contribution >= 4 is 11.5 Å². The number of carboxylic acid groups (broad SMARTS) is 1. The van der Waals surface area contributed by atoms with E-state index in [4.69, 9.17) is 5.11 Å². The van der Waals surface area contributed by atoms with Crippen LogP contribution in [0, 0.1) is 12.7 Å². The molecule has 2 aromatic carbocycles. The predicted molar refractivity (Wildman–Crippen MR) is 79.9 cm³/mol. The highest BCUT2D eigenvalue weighted by Crippen LogP contribution is 2.34. The fourth-order valence-corrected chi connectivity index (χ4v) is 2.81. The first-order valence-corrected chi connectivity index (χ1v) is 6.90. The Labute approximate surface area is 122 Å². The van der Waals surface area contributed by atoms with Gasteiger partial charge in [0.05, 0.1) is 5.56 Å². The SMILES string of the molecule is Cc1c(F)cccc1C1=CCCc2ccc(C(=O)O)cc21. The first-order valence-electron chi connectivity index (χ1n) is 6.90. The highest BCUT2D eigenvalue weighted by molar-refractivity contribution is 5.91. The van der Waals surface area contributed by atoms with Gasteiger partial charge in [-0.25, -0.2) is 9.18 Å². The van der Waals surface area contributed by atoms with E-state index in [0.29, 0.717) is 5.56 Å². The van der Waals surface area contributed by atoms with Crippen LogP contribution in [0.15, 0.2) is 42.5 Å². The number of fused-ring (bicyclic) bond motifs is 1. The monoisotopic (exact) mass is 282 g/mol. The third kappa shape index (κ3) is 2.35. The number of allylic oxidation sites excluding steroid dienone is 1. The van der Waals surface area contributed by atoms with Crippen molar-refractivity contribution < 1.29 is 14.3 Å². The second-order valence-electron chi connectivity index (χ2n) is 5.25. The van der Waals surface area contributed by atoms with Gasteiger partial charge in [0.2, 0.25) is 0 Å². The molecule has 0 atom stereocenters. The van der Waals surface area contributed by atoms with Crippen LogP contribution in [-0.4, -0.2) is 11.1 Å². The number of carbonyl (C=O) groups is 1. The highest BCUT2D eigenvalue weighted by Gasteiger charge is 2.18. The van der Waals surface area contributed by atoms with E-state index in [-0.39, 0.29) is 11.4 Å². The Morgan fingerprint density at radius 3 is 2.76 bits per heavy atom. The van der Waals surface area contributed by atoms with Gasteiger partial charge < -0.3 is 5.11 Å². The molecular weight excluding hydrogens is 267 g/mol. The molecule has 21 heavy (non-hydrogen) atoms. The van der Waals surface area contributed by atoms with Crippen LogP contribution >= 0.6 is 0 Å². The zero-order valence-electron chi connectivity index (χ0n) is 11.7. The van der Waals surface area contributed by atoms with Gasteiger partial charge in [0.15, 0.2) is 0 Å². The first kappa shape index (κ1) is 13.6. The molecule has 106 valence electrons. The maximum atomic E-state index is 13.8. The van der Waals surface area contributed by atoms with Crippen molar-refractivity contribution in [3.05, 3.63) is 76.1 Å². The molecule has 0 aliphatic heterocycles. The van der Waals surface area contributed by atoms with Crippen molar-refractivity contribution in [2.24, 2.45) is 0 Å². The lowest BCUT2D eigenvalue weighted by molar-refractivity contribution is 0.0697. The van der Waals surface area contributed by atoms with Crippen LogP contribution < -0.4 is 0 Å². The summed E-state index contributed by atoms with van der Waals surface area (Å²) in [5, 5.41) is 9.16. The van der Waals surface area contributed by atoms with Gasteiger partial charge in [-0.05, 0) is 65.8 Å². The smallest absolute Gasteiger partial charge is 0.335 e. The molecule has 0 saturated carbocycles. The molecule has 0 spiro atoms. The quantitative estimate of drug-likeness (QED) is 0.895. The average molecular weight is 282 g/mol. The number of carboxylic acids is 1. The zero-order valence-corrected chi connectivity index (χ0v) is 11.7. The van der Waals surface area contributed by atoms with E-state index in [9.17, 15) is 9.18 Å². The van der Waals surface area contributed by atoms with Crippen molar-refractivity contribution in [3.63, 3.8) is 0 Å². The number of rotatable bonds is 2. The summed E-state index contributed by atoms with van der Waals surface area (Å²) < 4.78 is 13.8. The lowest BCUT2D eigenvalue weighted by Gasteiger charge is -2.20. The largest absolute Gasteiger partial charge is 0.478 e. The highest BCUT2D eigenvalue weighted by atomic mass is 19.1. The van der Waals surface area contributed by atoms with E-state index in [0.717, 1.165) is 35.1 Å². The lowest BCUT2D eigenvalue weighted by Crippen LogP contribution is -2.06. The van der Waals surface area contributed by atoms with Gasteiger partial charge in [0, 0.05) is 0 Å². The number of halogens is 1. The minimum absolute atomic E-state index is 0.241. The molecule has 0 bridgehead atoms. The molecule has 3 rings (SSSR count). The van der Waals surface area contributed by atoms with Gasteiger partial charge in [-0.1, -0.05) is 24.3 Å². The Kier molecular flexibility index (Phi) is 3.34. The number of aromatic carboxylic acids is 1. The fourth-order valence-electron chi connectivity index (χ4n) is 2.81. The van der Waals surface area contributed by atoms with Crippen LogP contribution in [0.3, 0.4) is 0 Å². The summed E-state index contributed by atoms with van der Waals surface area (Å²) in [5.74, 6) is -1.19. The summed E-state index contributed by atoms with van der Waals surface area (Å²) in [5.41, 5.74) is 4.62. The van der Waals surface area contributed by atoms with Crippen molar-refractivity contribution in [2.45, 2.75) is 19.8 Å². The average Bonchev–Trinajstić information content (AvgIpc) is 2.49. The van der Waals surface area contributed by atoms with Crippen LogP contribution in [0.1, 0.15) is 39.0 Å². The predicted octanol–water partition coefficient (Wildman–Crippen LogP) is 4.21. The third-order valence-electron chi connectivity index (χ3n) is 3.97. The molecule has 0 heterocycles. The standard InChI is InChI=1S/C18H15FO2/c1-11-14(5-3-7-17(11)19)15-6-2-4-12-8-9-13(18(20)21)10-16(12)15/h3,5-10H,2,4H2,1H3,(H,20,21).